The van der Waals surface area contributed by atoms with Crippen LogP contribution in [0.15, 0.2) is 24.3 Å². The number of hydrogen-bond donors (Lipinski definition) is 4. The van der Waals surface area contributed by atoms with E-state index in [1.807, 2.05) is 0 Å². The van der Waals surface area contributed by atoms with E-state index in [1.54, 1.807) is 20.8 Å². The first kappa shape index (κ1) is 27.2. The molecule has 1 saturated carbocycles. The Morgan fingerprint density at radius 3 is 2.21 bits per heavy atom. The zero-order chi connectivity index (χ0) is 25.5. The number of halogens is 3. The molecule has 0 heterocycles. The van der Waals surface area contributed by atoms with Gasteiger partial charge >= 0.3 is 12.4 Å². The molecule has 34 heavy (non-hydrogen) atoms. The van der Waals surface area contributed by atoms with E-state index in [2.05, 4.69) is 15.4 Å². The number of hydrogen-bond acceptors (Lipinski definition) is 5. The van der Waals surface area contributed by atoms with Crippen LogP contribution in [0.4, 0.5) is 23.7 Å². The van der Waals surface area contributed by atoms with E-state index in [-0.39, 0.29) is 18.2 Å². The van der Waals surface area contributed by atoms with E-state index in [0.717, 1.165) is 37.8 Å². The van der Waals surface area contributed by atoms with Crippen molar-refractivity contribution in [3.63, 3.8) is 0 Å². The number of hydroxylamine groups is 1. The molecule has 0 saturated heterocycles. The predicted molar refractivity (Wildman–Crippen MR) is 117 cm³/mol. The molecule has 190 valence electrons. The highest BCUT2D eigenvalue weighted by Gasteiger charge is 2.37. The number of nitrogens with one attached hydrogen (secondary N) is 3. The highest BCUT2D eigenvalue weighted by atomic mass is 19.4. The van der Waals surface area contributed by atoms with Gasteiger partial charge in [0.05, 0.1) is 0 Å². The highest BCUT2D eigenvalue weighted by Crippen LogP contribution is 2.28. The molecule has 0 radical (unpaired) electrons. The molecule has 1 aliphatic rings. The van der Waals surface area contributed by atoms with Crippen molar-refractivity contribution in [2.75, 3.05) is 18.4 Å². The van der Waals surface area contributed by atoms with Crippen molar-refractivity contribution >= 4 is 23.5 Å². The van der Waals surface area contributed by atoms with Crippen LogP contribution in [0.3, 0.4) is 0 Å². The van der Waals surface area contributed by atoms with Crippen molar-refractivity contribution in [1.82, 2.24) is 15.7 Å². The number of rotatable bonds is 8. The summed E-state index contributed by atoms with van der Waals surface area (Å²) >= 11 is 0. The van der Waals surface area contributed by atoms with Crippen molar-refractivity contribution in [3.8, 4) is 5.75 Å². The number of urea groups is 1. The molecular weight excluding hydrogens is 457 g/mol. The second-order valence-corrected chi connectivity index (χ2v) is 9.37. The Bertz CT molecular complexity index is 850. The van der Waals surface area contributed by atoms with Gasteiger partial charge in [-0.3, -0.25) is 14.8 Å². The molecule has 4 amide bonds. The number of benzene rings is 1. The largest absolute Gasteiger partial charge is 0.573 e. The molecule has 0 spiro atoms. The summed E-state index contributed by atoms with van der Waals surface area (Å²) in [6.45, 7) is 5.21. The summed E-state index contributed by atoms with van der Waals surface area (Å²) in [6, 6.07) is 2.79. The molecule has 1 fully saturated rings. The highest BCUT2D eigenvalue weighted by molar-refractivity contribution is 5.95. The van der Waals surface area contributed by atoms with E-state index in [9.17, 15) is 27.6 Å². The maximum atomic E-state index is 13.4. The second-order valence-electron chi connectivity index (χ2n) is 9.37. The fourth-order valence-electron chi connectivity index (χ4n) is 3.82. The van der Waals surface area contributed by atoms with E-state index in [1.165, 1.54) is 22.5 Å². The molecule has 1 aromatic carbocycles. The van der Waals surface area contributed by atoms with Crippen LogP contribution in [0.2, 0.25) is 0 Å². The Morgan fingerprint density at radius 1 is 1.12 bits per heavy atom. The number of amides is 4. The molecule has 1 aliphatic carbocycles. The molecule has 1 atom stereocenters. The minimum Gasteiger partial charge on any atom is -0.406 e. The summed E-state index contributed by atoms with van der Waals surface area (Å²) in [5.41, 5.74) is 0.988. The van der Waals surface area contributed by atoms with Crippen molar-refractivity contribution < 1.29 is 37.5 Å². The Balaban J connectivity index is 2.11. The van der Waals surface area contributed by atoms with Gasteiger partial charge in [-0.1, -0.05) is 33.6 Å². The molecule has 9 nitrogen and oxygen atoms in total. The van der Waals surface area contributed by atoms with Gasteiger partial charge in [-0.2, -0.15) is 0 Å². The van der Waals surface area contributed by atoms with Gasteiger partial charge in [-0.25, -0.2) is 10.3 Å². The maximum absolute atomic E-state index is 13.4. The van der Waals surface area contributed by atoms with Crippen LogP contribution in [0.1, 0.15) is 46.5 Å². The summed E-state index contributed by atoms with van der Waals surface area (Å²) in [6.07, 6.45) is -0.909. The molecule has 0 aliphatic heterocycles. The van der Waals surface area contributed by atoms with Crippen LogP contribution in [-0.2, 0) is 9.59 Å². The van der Waals surface area contributed by atoms with Crippen LogP contribution in [0.5, 0.6) is 5.75 Å². The van der Waals surface area contributed by atoms with Crippen molar-refractivity contribution in [2.45, 2.75) is 58.9 Å². The summed E-state index contributed by atoms with van der Waals surface area (Å²) in [7, 11) is 0. The number of anilines is 1. The SMILES string of the molecule is CC(C)(C)C(NC(=O)Nc1ccc(OC(F)(F)F)cc1)C(=O)N(CC(=O)NO)CC1CCCC1. The smallest absolute Gasteiger partial charge is 0.406 e. The molecule has 4 N–H and O–H groups in total. The van der Waals surface area contributed by atoms with Crippen molar-refractivity contribution in [2.24, 2.45) is 11.3 Å². The van der Waals surface area contributed by atoms with Crippen LogP contribution in [0, 0.1) is 11.3 Å². The van der Waals surface area contributed by atoms with Gasteiger partial charge in [0.15, 0.2) is 0 Å². The van der Waals surface area contributed by atoms with Crippen molar-refractivity contribution in [1.29, 1.82) is 0 Å². The minimum absolute atomic E-state index is 0.189. The van der Waals surface area contributed by atoms with Gasteiger partial charge in [-0.05, 0) is 48.4 Å². The molecule has 1 aromatic rings. The van der Waals surface area contributed by atoms with Crippen LogP contribution < -0.4 is 20.9 Å². The summed E-state index contributed by atoms with van der Waals surface area (Å²) < 4.78 is 40.7. The monoisotopic (exact) mass is 488 g/mol. The van der Waals surface area contributed by atoms with Gasteiger partial charge in [0, 0.05) is 12.2 Å². The molecule has 2 rings (SSSR count). The van der Waals surface area contributed by atoms with Gasteiger partial charge in [0.2, 0.25) is 5.91 Å². The topological polar surface area (TPSA) is 120 Å². The third kappa shape index (κ3) is 8.73. The lowest BCUT2D eigenvalue weighted by Gasteiger charge is -2.35. The number of carbonyl (C=O) groups excluding carboxylic acids is 3. The summed E-state index contributed by atoms with van der Waals surface area (Å²) in [4.78, 5) is 39.2. The first-order valence-electron chi connectivity index (χ1n) is 10.9. The number of ether oxygens (including phenoxy) is 1. The van der Waals surface area contributed by atoms with Crippen LogP contribution >= 0.6 is 0 Å². The molecular formula is C22H31F3N4O5. The standard InChI is InChI=1S/C22H31F3N4O5/c1-21(2,3)18(19(31)29(13-17(30)28-33)12-14-6-4-5-7-14)27-20(32)26-15-8-10-16(11-9-15)34-22(23,24)25/h8-11,14,18,33H,4-7,12-13H2,1-3H3,(H,28,30)(H2,26,27,32). The molecule has 12 heteroatoms. The average molecular weight is 489 g/mol. The predicted octanol–water partition coefficient (Wildman–Crippen LogP) is 3.65. The summed E-state index contributed by atoms with van der Waals surface area (Å²) in [5.74, 6) is -1.44. The zero-order valence-corrected chi connectivity index (χ0v) is 19.4. The first-order valence-corrected chi connectivity index (χ1v) is 10.9. The normalized spacial score (nSPS) is 15.4. The quantitative estimate of drug-likeness (QED) is 0.329. The molecule has 0 bridgehead atoms. The summed E-state index contributed by atoms with van der Waals surface area (Å²) in [5, 5.41) is 14.0. The van der Waals surface area contributed by atoms with Crippen molar-refractivity contribution in [3.05, 3.63) is 24.3 Å². The maximum Gasteiger partial charge on any atom is 0.573 e. The van der Waals surface area contributed by atoms with Gasteiger partial charge in [-0.15, -0.1) is 13.2 Å². The molecule has 1 unspecified atom stereocenters. The number of alkyl halides is 3. The fourth-order valence-corrected chi connectivity index (χ4v) is 3.82. The zero-order valence-electron chi connectivity index (χ0n) is 19.4. The fraction of sp³-hybridized carbons (Fsp3) is 0.591. The Morgan fingerprint density at radius 2 is 1.71 bits per heavy atom. The molecule has 0 aromatic heterocycles. The second kappa shape index (κ2) is 11.4. The average Bonchev–Trinajstić information content (AvgIpc) is 3.23. The van der Waals surface area contributed by atoms with E-state index < -0.39 is 41.4 Å². The number of nitrogens with zero attached hydrogens (tertiary/aromatic N) is 1. The number of carbonyl (C=O) groups is 3. The Hall–Kier alpha value is -3.02. The van der Waals surface area contributed by atoms with Gasteiger partial charge in [0.1, 0.15) is 18.3 Å². The third-order valence-electron chi connectivity index (χ3n) is 5.46. The van der Waals surface area contributed by atoms with E-state index in [4.69, 9.17) is 5.21 Å². The van der Waals surface area contributed by atoms with E-state index in [0.29, 0.717) is 6.54 Å². The third-order valence-corrected chi connectivity index (χ3v) is 5.46. The lowest BCUT2D eigenvalue weighted by Crippen LogP contribution is -2.57. The van der Waals surface area contributed by atoms with Gasteiger partial charge < -0.3 is 20.3 Å². The lowest BCUT2D eigenvalue weighted by atomic mass is 9.85. The Labute approximate surface area is 196 Å². The van der Waals surface area contributed by atoms with Gasteiger partial charge in [0.25, 0.3) is 5.91 Å². The Kier molecular flexibility index (Phi) is 9.14. The first-order chi connectivity index (χ1) is 15.8. The minimum atomic E-state index is -4.83. The van der Waals surface area contributed by atoms with E-state index >= 15 is 0 Å². The lowest BCUT2D eigenvalue weighted by molar-refractivity contribution is -0.274. The van der Waals surface area contributed by atoms with Crippen LogP contribution in [0.25, 0.3) is 0 Å². The van der Waals surface area contributed by atoms with Crippen LogP contribution in [-0.4, -0.2) is 53.4 Å².